The minimum absolute atomic E-state index is 0.654. The van der Waals surface area contributed by atoms with Crippen LogP contribution in [0.25, 0.3) is 11.2 Å². The van der Waals surface area contributed by atoms with Crippen molar-refractivity contribution in [3.63, 3.8) is 0 Å². The predicted octanol–water partition coefficient (Wildman–Crippen LogP) is 2.62. The van der Waals surface area contributed by atoms with Gasteiger partial charge in [0.1, 0.15) is 5.52 Å². The molecule has 3 heteroatoms. The molecule has 0 radical (unpaired) electrons. The van der Waals surface area contributed by atoms with Crippen LogP contribution in [0, 0.1) is 0 Å². The van der Waals surface area contributed by atoms with Gasteiger partial charge in [-0.3, -0.25) is 0 Å². The summed E-state index contributed by atoms with van der Waals surface area (Å²) in [6.45, 7) is 0. The van der Waals surface area contributed by atoms with Crippen LogP contribution in [0.5, 0.6) is 0 Å². The van der Waals surface area contributed by atoms with Crippen LogP contribution in [0.1, 0.15) is 37.3 Å². The van der Waals surface area contributed by atoms with Crippen molar-refractivity contribution >= 4 is 11.2 Å². The Morgan fingerprint density at radius 1 is 1.29 bits per heavy atom. The molecular weight excluding hydrogens is 174 g/mol. The number of aromatic nitrogens is 3. The van der Waals surface area contributed by atoms with Crippen molar-refractivity contribution in [1.29, 1.82) is 0 Å². The summed E-state index contributed by atoms with van der Waals surface area (Å²) in [4.78, 5) is 12.1. The highest BCUT2D eigenvalue weighted by molar-refractivity contribution is 5.69. The molecule has 0 aromatic carbocycles. The zero-order valence-electron chi connectivity index (χ0n) is 8.03. The van der Waals surface area contributed by atoms with E-state index in [1.54, 1.807) is 0 Å². The molecular formula is C11H13N3. The van der Waals surface area contributed by atoms with Gasteiger partial charge in [0.2, 0.25) is 0 Å². The van der Waals surface area contributed by atoms with E-state index in [9.17, 15) is 0 Å². The van der Waals surface area contributed by atoms with E-state index in [2.05, 4.69) is 15.0 Å². The van der Waals surface area contributed by atoms with Crippen LogP contribution >= 0.6 is 0 Å². The number of hydrogen-bond acceptors (Lipinski definition) is 2. The molecule has 0 amide bonds. The van der Waals surface area contributed by atoms with Gasteiger partial charge in [-0.1, -0.05) is 12.8 Å². The van der Waals surface area contributed by atoms with Crippen molar-refractivity contribution in [3.8, 4) is 0 Å². The molecule has 1 fully saturated rings. The summed E-state index contributed by atoms with van der Waals surface area (Å²) < 4.78 is 0. The third-order valence-corrected chi connectivity index (χ3v) is 3.05. The van der Waals surface area contributed by atoms with Gasteiger partial charge in [0.05, 0.1) is 11.9 Å². The van der Waals surface area contributed by atoms with Crippen molar-refractivity contribution in [3.05, 3.63) is 24.2 Å². The average molecular weight is 187 g/mol. The lowest BCUT2D eigenvalue weighted by atomic mass is 10.1. The van der Waals surface area contributed by atoms with E-state index < -0.39 is 0 Å². The fourth-order valence-electron chi connectivity index (χ4n) is 2.26. The molecule has 0 aliphatic heterocycles. The Hall–Kier alpha value is -1.38. The highest BCUT2D eigenvalue weighted by atomic mass is 14.9. The minimum Gasteiger partial charge on any atom is -0.345 e. The van der Waals surface area contributed by atoms with Gasteiger partial charge < -0.3 is 4.98 Å². The van der Waals surface area contributed by atoms with Gasteiger partial charge in [0.15, 0.2) is 5.65 Å². The molecule has 3 nitrogen and oxygen atoms in total. The summed E-state index contributed by atoms with van der Waals surface area (Å²) in [6, 6.07) is 1.99. The van der Waals surface area contributed by atoms with E-state index in [4.69, 9.17) is 0 Å². The van der Waals surface area contributed by atoms with Gasteiger partial charge in [0.25, 0.3) is 0 Å². The van der Waals surface area contributed by atoms with Crippen molar-refractivity contribution < 1.29 is 0 Å². The molecule has 14 heavy (non-hydrogen) atoms. The summed E-state index contributed by atoms with van der Waals surface area (Å²) in [7, 11) is 0. The Labute approximate surface area is 82.6 Å². The van der Waals surface area contributed by atoms with Crippen LogP contribution in [0.3, 0.4) is 0 Å². The first kappa shape index (κ1) is 7.97. The van der Waals surface area contributed by atoms with Crippen molar-refractivity contribution in [2.24, 2.45) is 0 Å². The first-order valence-electron chi connectivity index (χ1n) is 5.23. The molecule has 0 atom stereocenters. The topological polar surface area (TPSA) is 41.6 Å². The van der Waals surface area contributed by atoms with E-state index >= 15 is 0 Å². The quantitative estimate of drug-likeness (QED) is 0.745. The van der Waals surface area contributed by atoms with E-state index in [1.165, 1.54) is 31.4 Å². The summed E-state index contributed by atoms with van der Waals surface area (Å²) in [5, 5.41) is 0. The number of aromatic amines is 1. The molecule has 2 heterocycles. The van der Waals surface area contributed by atoms with Crippen LogP contribution in [0.4, 0.5) is 0 Å². The van der Waals surface area contributed by atoms with E-state index in [-0.39, 0.29) is 0 Å². The first-order valence-corrected chi connectivity index (χ1v) is 5.23. The van der Waals surface area contributed by atoms with Crippen LogP contribution in [-0.4, -0.2) is 15.0 Å². The fraction of sp³-hybridized carbons (Fsp3) is 0.455. The highest BCUT2D eigenvalue weighted by Gasteiger charge is 2.18. The maximum Gasteiger partial charge on any atom is 0.156 e. The lowest BCUT2D eigenvalue weighted by Crippen LogP contribution is -1.97. The Kier molecular flexibility index (Phi) is 1.76. The molecule has 1 N–H and O–H groups in total. The van der Waals surface area contributed by atoms with Gasteiger partial charge in [-0.2, -0.15) is 0 Å². The maximum absolute atomic E-state index is 4.62. The molecule has 3 rings (SSSR count). The Balaban J connectivity index is 2.04. The second-order valence-corrected chi connectivity index (χ2v) is 3.99. The van der Waals surface area contributed by atoms with E-state index in [0.717, 1.165) is 11.2 Å². The molecule has 0 unspecified atom stereocenters. The maximum atomic E-state index is 4.62. The zero-order valence-corrected chi connectivity index (χ0v) is 8.03. The second kappa shape index (κ2) is 3.08. The van der Waals surface area contributed by atoms with Gasteiger partial charge in [-0.25, -0.2) is 9.97 Å². The lowest BCUT2D eigenvalue weighted by Gasteiger charge is -2.06. The Morgan fingerprint density at radius 3 is 3.00 bits per heavy atom. The first-order chi connectivity index (χ1) is 6.93. The number of nitrogens with one attached hydrogen (secondary N) is 1. The smallest absolute Gasteiger partial charge is 0.156 e. The number of hydrogen-bond donors (Lipinski definition) is 1. The highest BCUT2D eigenvalue weighted by Crippen LogP contribution is 2.32. The van der Waals surface area contributed by atoms with Crippen molar-refractivity contribution in [1.82, 2.24) is 15.0 Å². The molecule has 72 valence electrons. The monoisotopic (exact) mass is 187 g/mol. The summed E-state index contributed by atoms with van der Waals surface area (Å²) in [5.41, 5.74) is 3.07. The average Bonchev–Trinajstić information content (AvgIpc) is 2.88. The van der Waals surface area contributed by atoms with Crippen molar-refractivity contribution in [2.45, 2.75) is 31.6 Å². The van der Waals surface area contributed by atoms with Gasteiger partial charge in [-0.15, -0.1) is 0 Å². The zero-order chi connectivity index (χ0) is 9.38. The largest absolute Gasteiger partial charge is 0.345 e. The SMILES string of the molecule is c1cc2nc(C3CCCC3)cnc2[nH]1. The third-order valence-electron chi connectivity index (χ3n) is 3.05. The standard InChI is InChI=1S/C11H13N3/c1-2-4-8(3-1)10-7-13-11-9(14-10)5-6-12-11/h5-8H,1-4H2,(H,12,13). The summed E-state index contributed by atoms with van der Waals surface area (Å²) in [5.74, 6) is 0.654. The number of nitrogens with zero attached hydrogens (tertiary/aromatic N) is 2. The molecule has 1 aliphatic carbocycles. The fourth-order valence-corrected chi connectivity index (χ4v) is 2.26. The molecule has 1 aliphatic rings. The van der Waals surface area contributed by atoms with Gasteiger partial charge in [-0.05, 0) is 18.9 Å². The van der Waals surface area contributed by atoms with Gasteiger partial charge in [0, 0.05) is 12.1 Å². The number of fused-ring (bicyclic) bond motifs is 1. The number of H-pyrrole nitrogens is 1. The minimum atomic E-state index is 0.654. The molecule has 0 spiro atoms. The molecule has 1 saturated carbocycles. The second-order valence-electron chi connectivity index (χ2n) is 3.99. The lowest BCUT2D eigenvalue weighted by molar-refractivity contribution is 0.697. The number of rotatable bonds is 1. The predicted molar refractivity (Wildman–Crippen MR) is 55.1 cm³/mol. The Morgan fingerprint density at radius 2 is 2.14 bits per heavy atom. The van der Waals surface area contributed by atoms with E-state index in [1.807, 2.05) is 18.5 Å². The molecule has 2 aromatic rings. The molecule has 0 bridgehead atoms. The van der Waals surface area contributed by atoms with E-state index in [0.29, 0.717) is 5.92 Å². The Bertz CT molecular complexity index is 440. The summed E-state index contributed by atoms with van der Waals surface area (Å²) in [6.07, 6.45) is 9.07. The van der Waals surface area contributed by atoms with Gasteiger partial charge >= 0.3 is 0 Å². The van der Waals surface area contributed by atoms with Crippen LogP contribution in [-0.2, 0) is 0 Å². The third kappa shape index (κ3) is 1.20. The molecule has 0 saturated heterocycles. The van der Waals surface area contributed by atoms with Crippen LogP contribution in [0.15, 0.2) is 18.5 Å². The molecule has 2 aromatic heterocycles. The van der Waals surface area contributed by atoms with Crippen LogP contribution in [0.2, 0.25) is 0 Å². The summed E-state index contributed by atoms with van der Waals surface area (Å²) >= 11 is 0. The van der Waals surface area contributed by atoms with Crippen molar-refractivity contribution in [2.75, 3.05) is 0 Å². The van der Waals surface area contributed by atoms with Crippen LogP contribution < -0.4 is 0 Å². The normalized spacial score (nSPS) is 18.0.